The van der Waals surface area contributed by atoms with E-state index in [2.05, 4.69) is 10.3 Å². The molecule has 1 atom stereocenters. The van der Waals surface area contributed by atoms with Crippen LogP contribution in [-0.4, -0.2) is 35.2 Å². The van der Waals surface area contributed by atoms with Gasteiger partial charge in [-0.05, 0) is 6.42 Å². The monoisotopic (exact) mass is 217 g/mol. The Balaban J connectivity index is 2.50. The number of hydrogen-bond acceptors (Lipinski definition) is 3. The molecule has 1 unspecified atom stereocenters. The van der Waals surface area contributed by atoms with Gasteiger partial charge in [-0.1, -0.05) is 0 Å². The van der Waals surface area contributed by atoms with Gasteiger partial charge in [0.05, 0.1) is 12.6 Å². The maximum absolute atomic E-state index is 5.69. The molecule has 0 fully saturated rings. The molecule has 0 saturated heterocycles. The number of aryl methyl sites for hydroxylation is 1. The summed E-state index contributed by atoms with van der Waals surface area (Å²) in [5.41, 5.74) is 0. The Hall–Kier alpha value is -0.740. The summed E-state index contributed by atoms with van der Waals surface area (Å²) in [6, 6.07) is 0.221. The summed E-state index contributed by atoms with van der Waals surface area (Å²) in [6.07, 6.45) is 4.52. The summed E-state index contributed by atoms with van der Waals surface area (Å²) >= 11 is 5.69. The van der Waals surface area contributed by atoms with Gasteiger partial charge in [-0.2, -0.15) is 0 Å². The first-order valence-corrected chi connectivity index (χ1v) is 5.10. The lowest BCUT2D eigenvalue weighted by Gasteiger charge is -2.17. The molecular formula is C9H16ClN3O. The van der Waals surface area contributed by atoms with Gasteiger partial charge in [0.25, 0.3) is 0 Å². The molecule has 5 heteroatoms. The highest BCUT2D eigenvalue weighted by molar-refractivity contribution is 6.17. The molecule has 80 valence electrons. The first kappa shape index (κ1) is 11.3. The zero-order valence-corrected chi connectivity index (χ0v) is 9.29. The van der Waals surface area contributed by atoms with E-state index in [9.17, 15) is 0 Å². The van der Waals surface area contributed by atoms with E-state index in [1.165, 1.54) is 0 Å². The van der Waals surface area contributed by atoms with Crippen molar-refractivity contribution >= 4 is 17.5 Å². The SMILES string of the molecule is COCC(CCCl)Nc1nccn1C. The van der Waals surface area contributed by atoms with Crippen molar-refractivity contribution in [2.45, 2.75) is 12.5 Å². The van der Waals surface area contributed by atoms with Gasteiger partial charge in [0.2, 0.25) is 5.95 Å². The Labute approximate surface area is 89.2 Å². The average molecular weight is 218 g/mol. The number of methoxy groups -OCH3 is 1. The van der Waals surface area contributed by atoms with Crippen LogP contribution in [0.1, 0.15) is 6.42 Å². The Morgan fingerprint density at radius 1 is 1.71 bits per heavy atom. The zero-order chi connectivity index (χ0) is 10.4. The van der Waals surface area contributed by atoms with Crippen LogP contribution in [0.3, 0.4) is 0 Å². The summed E-state index contributed by atoms with van der Waals surface area (Å²) in [7, 11) is 3.63. The van der Waals surface area contributed by atoms with Gasteiger partial charge < -0.3 is 14.6 Å². The fourth-order valence-corrected chi connectivity index (χ4v) is 1.48. The third-order valence-electron chi connectivity index (χ3n) is 1.98. The number of nitrogens with one attached hydrogen (secondary N) is 1. The maximum atomic E-state index is 5.69. The lowest BCUT2D eigenvalue weighted by molar-refractivity contribution is 0.184. The molecule has 1 rings (SSSR count). The van der Waals surface area contributed by atoms with Gasteiger partial charge in [-0.3, -0.25) is 0 Å². The largest absolute Gasteiger partial charge is 0.383 e. The Kier molecular flexibility index (Phi) is 4.76. The molecule has 0 saturated carbocycles. The van der Waals surface area contributed by atoms with Crippen LogP contribution < -0.4 is 5.32 Å². The highest BCUT2D eigenvalue weighted by Crippen LogP contribution is 2.06. The van der Waals surface area contributed by atoms with E-state index in [0.29, 0.717) is 12.5 Å². The molecule has 0 bridgehead atoms. The van der Waals surface area contributed by atoms with Crippen LogP contribution in [0.15, 0.2) is 12.4 Å². The standard InChI is InChI=1S/C9H16ClN3O/c1-13-6-5-11-9(13)12-8(3-4-10)7-14-2/h5-6,8H,3-4,7H2,1-2H3,(H,11,12). The maximum Gasteiger partial charge on any atom is 0.202 e. The van der Waals surface area contributed by atoms with E-state index in [-0.39, 0.29) is 6.04 Å². The first-order chi connectivity index (χ1) is 6.77. The number of halogens is 1. The number of alkyl halides is 1. The van der Waals surface area contributed by atoms with E-state index >= 15 is 0 Å². The van der Waals surface area contributed by atoms with E-state index < -0.39 is 0 Å². The molecule has 0 aromatic carbocycles. The minimum absolute atomic E-state index is 0.221. The smallest absolute Gasteiger partial charge is 0.202 e. The molecule has 1 heterocycles. The lowest BCUT2D eigenvalue weighted by atomic mass is 10.2. The van der Waals surface area contributed by atoms with Crippen LogP contribution in [-0.2, 0) is 11.8 Å². The van der Waals surface area contributed by atoms with Gasteiger partial charge in [0, 0.05) is 32.4 Å². The lowest BCUT2D eigenvalue weighted by Crippen LogP contribution is -2.26. The predicted molar refractivity (Wildman–Crippen MR) is 57.8 cm³/mol. The first-order valence-electron chi connectivity index (χ1n) is 4.56. The number of imidazole rings is 1. The Morgan fingerprint density at radius 2 is 2.50 bits per heavy atom. The fourth-order valence-electron chi connectivity index (χ4n) is 1.22. The molecule has 0 radical (unpaired) electrons. The minimum atomic E-state index is 0.221. The topological polar surface area (TPSA) is 39.1 Å². The van der Waals surface area contributed by atoms with Gasteiger partial charge in [0.1, 0.15) is 0 Å². The highest BCUT2D eigenvalue weighted by Gasteiger charge is 2.09. The van der Waals surface area contributed by atoms with Crippen LogP contribution in [0.4, 0.5) is 5.95 Å². The summed E-state index contributed by atoms with van der Waals surface area (Å²) in [5, 5.41) is 3.27. The number of anilines is 1. The van der Waals surface area contributed by atoms with Crippen molar-refractivity contribution < 1.29 is 4.74 Å². The Bertz CT molecular complexity index is 258. The third kappa shape index (κ3) is 3.20. The predicted octanol–water partition coefficient (Wildman–Crippen LogP) is 1.48. The third-order valence-corrected chi connectivity index (χ3v) is 2.20. The van der Waals surface area contributed by atoms with Crippen LogP contribution >= 0.6 is 11.6 Å². The molecule has 1 N–H and O–H groups in total. The molecule has 1 aromatic heterocycles. The second-order valence-electron chi connectivity index (χ2n) is 3.14. The zero-order valence-electron chi connectivity index (χ0n) is 8.53. The number of hydrogen-bond donors (Lipinski definition) is 1. The summed E-state index contributed by atoms with van der Waals surface area (Å²) in [6.45, 7) is 0.638. The Morgan fingerprint density at radius 3 is 3.00 bits per heavy atom. The molecule has 1 aromatic rings. The summed E-state index contributed by atoms with van der Waals surface area (Å²) in [4.78, 5) is 4.17. The minimum Gasteiger partial charge on any atom is -0.383 e. The highest BCUT2D eigenvalue weighted by atomic mass is 35.5. The van der Waals surface area contributed by atoms with Gasteiger partial charge >= 0.3 is 0 Å². The fraction of sp³-hybridized carbons (Fsp3) is 0.667. The quantitative estimate of drug-likeness (QED) is 0.734. The molecule has 0 aliphatic carbocycles. The van der Waals surface area contributed by atoms with E-state index in [4.69, 9.17) is 16.3 Å². The van der Waals surface area contributed by atoms with Crippen LogP contribution in [0.2, 0.25) is 0 Å². The molecule has 14 heavy (non-hydrogen) atoms. The van der Waals surface area contributed by atoms with Crippen LogP contribution in [0, 0.1) is 0 Å². The second kappa shape index (κ2) is 5.88. The van der Waals surface area contributed by atoms with Crippen molar-refractivity contribution in [3.63, 3.8) is 0 Å². The van der Waals surface area contributed by atoms with E-state index in [0.717, 1.165) is 12.4 Å². The van der Waals surface area contributed by atoms with Gasteiger partial charge in [0.15, 0.2) is 0 Å². The van der Waals surface area contributed by atoms with Gasteiger partial charge in [-0.25, -0.2) is 4.98 Å². The van der Waals surface area contributed by atoms with Crippen molar-refractivity contribution in [3.8, 4) is 0 Å². The van der Waals surface area contributed by atoms with Crippen molar-refractivity contribution in [2.24, 2.45) is 7.05 Å². The molecule has 0 aliphatic rings. The number of ether oxygens (including phenoxy) is 1. The molecule has 0 aliphatic heterocycles. The number of rotatable bonds is 6. The molecule has 0 amide bonds. The number of aromatic nitrogens is 2. The van der Waals surface area contributed by atoms with E-state index in [1.807, 2.05) is 17.8 Å². The second-order valence-corrected chi connectivity index (χ2v) is 3.51. The van der Waals surface area contributed by atoms with E-state index in [1.54, 1.807) is 13.3 Å². The van der Waals surface area contributed by atoms with Crippen molar-refractivity contribution in [3.05, 3.63) is 12.4 Å². The molecule has 0 spiro atoms. The van der Waals surface area contributed by atoms with Crippen molar-refractivity contribution in [1.29, 1.82) is 0 Å². The normalized spacial score (nSPS) is 12.8. The molecule has 4 nitrogen and oxygen atoms in total. The van der Waals surface area contributed by atoms with Crippen LogP contribution in [0.5, 0.6) is 0 Å². The number of nitrogens with zero attached hydrogens (tertiary/aromatic N) is 2. The van der Waals surface area contributed by atoms with Crippen molar-refractivity contribution in [1.82, 2.24) is 9.55 Å². The summed E-state index contributed by atoms with van der Waals surface area (Å²) < 4.78 is 7.01. The van der Waals surface area contributed by atoms with Crippen molar-refractivity contribution in [2.75, 3.05) is 24.9 Å². The summed E-state index contributed by atoms with van der Waals surface area (Å²) in [5.74, 6) is 1.46. The van der Waals surface area contributed by atoms with Gasteiger partial charge in [-0.15, -0.1) is 11.6 Å². The molecular weight excluding hydrogens is 202 g/mol. The average Bonchev–Trinajstić information content (AvgIpc) is 2.53. The van der Waals surface area contributed by atoms with Crippen LogP contribution in [0.25, 0.3) is 0 Å².